The smallest absolute Gasteiger partial charge is 0.157 e. The van der Waals surface area contributed by atoms with E-state index in [2.05, 4.69) is 5.32 Å². The Morgan fingerprint density at radius 3 is 2.44 bits per heavy atom. The molecule has 0 saturated heterocycles. The summed E-state index contributed by atoms with van der Waals surface area (Å²) in [5.74, 6) is -0.251. The van der Waals surface area contributed by atoms with E-state index in [1.807, 2.05) is 24.3 Å². The van der Waals surface area contributed by atoms with E-state index >= 15 is 0 Å². The monoisotopic (exact) mass is 245 g/mol. The summed E-state index contributed by atoms with van der Waals surface area (Å²) in [5.41, 5.74) is 2.60. The topological polar surface area (TPSA) is 72.7 Å². The first-order valence-corrected chi connectivity index (χ1v) is 5.63. The Labute approximate surface area is 105 Å². The molecule has 18 heavy (non-hydrogen) atoms. The van der Waals surface area contributed by atoms with Gasteiger partial charge in [0, 0.05) is 12.2 Å². The number of benzene rings is 2. The number of aliphatic hydroxyl groups excluding tert-OH is 1. The largest absolute Gasteiger partial charge is 0.504 e. The van der Waals surface area contributed by atoms with Crippen molar-refractivity contribution in [1.82, 2.24) is 0 Å². The normalized spacial score (nSPS) is 10.3. The summed E-state index contributed by atoms with van der Waals surface area (Å²) in [6.45, 7) is 0.540. The van der Waals surface area contributed by atoms with Crippen LogP contribution in [0.25, 0.3) is 0 Å². The van der Waals surface area contributed by atoms with Gasteiger partial charge in [-0.25, -0.2) is 0 Å². The molecule has 0 atom stereocenters. The number of phenolic OH excluding ortho intramolecular Hbond substituents is 2. The second-order valence-corrected chi connectivity index (χ2v) is 4.04. The van der Waals surface area contributed by atoms with E-state index < -0.39 is 0 Å². The highest BCUT2D eigenvalue weighted by Crippen LogP contribution is 2.25. The minimum Gasteiger partial charge on any atom is -0.504 e. The van der Waals surface area contributed by atoms with Crippen LogP contribution in [0.3, 0.4) is 0 Å². The lowest BCUT2D eigenvalue weighted by atomic mass is 10.2. The molecule has 4 nitrogen and oxygen atoms in total. The zero-order valence-corrected chi connectivity index (χ0v) is 9.80. The SMILES string of the molecule is OCc1cccc(NCc2ccc(O)c(O)c2)c1. The van der Waals surface area contributed by atoms with Gasteiger partial charge in [-0.3, -0.25) is 0 Å². The molecule has 4 N–H and O–H groups in total. The average molecular weight is 245 g/mol. The van der Waals surface area contributed by atoms with Gasteiger partial charge < -0.3 is 20.6 Å². The summed E-state index contributed by atoms with van der Waals surface area (Å²) in [4.78, 5) is 0. The maximum Gasteiger partial charge on any atom is 0.157 e. The Balaban J connectivity index is 2.04. The zero-order valence-electron chi connectivity index (χ0n) is 9.80. The quantitative estimate of drug-likeness (QED) is 0.623. The summed E-state index contributed by atoms with van der Waals surface area (Å²) < 4.78 is 0. The molecule has 0 fully saturated rings. The number of nitrogens with one attached hydrogen (secondary N) is 1. The first-order valence-electron chi connectivity index (χ1n) is 5.63. The van der Waals surface area contributed by atoms with Crippen molar-refractivity contribution in [3.05, 3.63) is 53.6 Å². The van der Waals surface area contributed by atoms with Crippen LogP contribution in [0.15, 0.2) is 42.5 Å². The lowest BCUT2D eigenvalue weighted by Crippen LogP contribution is -1.99. The maximum absolute atomic E-state index is 9.37. The molecular formula is C14H15NO3. The number of hydrogen-bond acceptors (Lipinski definition) is 4. The van der Waals surface area contributed by atoms with Crippen LogP contribution in [0, 0.1) is 0 Å². The summed E-state index contributed by atoms with van der Waals surface area (Å²) in [6, 6.07) is 12.2. The lowest BCUT2D eigenvalue weighted by Gasteiger charge is -2.08. The van der Waals surface area contributed by atoms with Gasteiger partial charge in [0.1, 0.15) is 0 Å². The Hall–Kier alpha value is -2.20. The highest BCUT2D eigenvalue weighted by molar-refractivity contribution is 5.47. The van der Waals surface area contributed by atoms with Crippen molar-refractivity contribution in [2.24, 2.45) is 0 Å². The average Bonchev–Trinajstić information content (AvgIpc) is 2.40. The molecule has 0 spiro atoms. The van der Waals surface area contributed by atoms with Gasteiger partial charge in [0.25, 0.3) is 0 Å². The van der Waals surface area contributed by atoms with Crippen LogP contribution >= 0.6 is 0 Å². The van der Waals surface area contributed by atoms with Crippen LogP contribution in [0.4, 0.5) is 5.69 Å². The second kappa shape index (κ2) is 5.42. The summed E-state index contributed by atoms with van der Waals surface area (Å²) in [7, 11) is 0. The van der Waals surface area contributed by atoms with E-state index in [1.54, 1.807) is 6.07 Å². The van der Waals surface area contributed by atoms with Gasteiger partial charge >= 0.3 is 0 Å². The maximum atomic E-state index is 9.37. The van der Waals surface area contributed by atoms with Crippen LogP contribution in [-0.2, 0) is 13.2 Å². The van der Waals surface area contributed by atoms with Crippen molar-refractivity contribution in [3.8, 4) is 11.5 Å². The highest BCUT2D eigenvalue weighted by atomic mass is 16.3. The summed E-state index contributed by atoms with van der Waals surface area (Å²) >= 11 is 0. The van der Waals surface area contributed by atoms with Crippen LogP contribution < -0.4 is 5.32 Å². The number of aromatic hydroxyl groups is 2. The molecule has 0 unspecified atom stereocenters. The number of rotatable bonds is 4. The minimum atomic E-state index is -0.126. The van der Waals surface area contributed by atoms with Gasteiger partial charge in [0.2, 0.25) is 0 Å². The van der Waals surface area contributed by atoms with Crippen LogP contribution in [0.1, 0.15) is 11.1 Å². The van der Waals surface area contributed by atoms with Crippen molar-refractivity contribution >= 4 is 5.69 Å². The molecule has 94 valence electrons. The van der Waals surface area contributed by atoms with E-state index in [9.17, 15) is 10.2 Å². The number of anilines is 1. The van der Waals surface area contributed by atoms with Gasteiger partial charge in [-0.2, -0.15) is 0 Å². The number of aliphatic hydroxyl groups is 1. The second-order valence-electron chi connectivity index (χ2n) is 4.04. The number of hydrogen-bond donors (Lipinski definition) is 4. The standard InChI is InChI=1S/C14H15NO3/c16-9-11-2-1-3-12(6-11)15-8-10-4-5-13(17)14(18)7-10/h1-7,15-18H,8-9H2. The van der Waals surface area contributed by atoms with Gasteiger partial charge in [0.05, 0.1) is 6.61 Å². The van der Waals surface area contributed by atoms with E-state index in [0.717, 1.165) is 16.8 Å². The third-order valence-corrected chi connectivity index (χ3v) is 2.65. The highest BCUT2D eigenvalue weighted by Gasteiger charge is 2.01. The van der Waals surface area contributed by atoms with Crippen molar-refractivity contribution in [2.75, 3.05) is 5.32 Å². The summed E-state index contributed by atoms with van der Waals surface area (Å²) in [5, 5.41) is 30.8. The first-order chi connectivity index (χ1) is 8.69. The first kappa shape index (κ1) is 12.3. The van der Waals surface area contributed by atoms with Gasteiger partial charge in [-0.15, -0.1) is 0 Å². The molecule has 0 aliphatic carbocycles. The van der Waals surface area contributed by atoms with E-state index in [4.69, 9.17) is 5.11 Å². The zero-order chi connectivity index (χ0) is 13.0. The summed E-state index contributed by atoms with van der Waals surface area (Å²) in [6.07, 6.45) is 0. The van der Waals surface area contributed by atoms with Crippen molar-refractivity contribution in [3.63, 3.8) is 0 Å². The lowest BCUT2D eigenvalue weighted by molar-refractivity contribution is 0.282. The molecule has 0 radical (unpaired) electrons. The third kappa shape index (κ3) is 2.93. The molecular weight excluding hydrogens is 230 g/mol. The molecule has 0 heterocycles. The fourth-order valence-electron chi connectivity index (χ4n) is 1.66. The Bertz CT molecular complexity index is 540. The predicted molar refractivity (Wildman–Crippen MR) is 69.5 cm³/mol. The van der Waals surface area contributed by atoms with Gasteiger partial charge in [-0.05, 0) is 35.4 Å². The Kier molecular flexibility index (Phi) is 3.69. The van der Waals surface area contributed by atoms with E-state index in [1.165, 1.54) is 12.1 Å². The Morgan fingerprint density at radius 1 is 0.889 bits per heavy atom. The molecule has 0 amide bonds. The molecule has 0 aliphatic rings. The van der Waals surface area contributed by atoms with Crippen LogP contribution in [-0.4, -0.2) is 15.3 Å². The van der Waals surface area contributed by atoms with Gasteiger partial charge in [0.15, 0.2) is 11.5 Å². The van der Waals surface area contributed by atoms with E-state index in [0.29, 0.717) is 6.54 Å². The van der Waals surface area contributed by atoms with Crippen LogP contribution in [0.5, 0.6) is 11.5 Å². The fourth-order valence-corrected chi connectivity index (χ4v) is 1.66. The molecule has 0 bridgehead atoms. The molecule has 0 aromatic heterocycles. The molecule has 2 aromatic carbocycles. The molecule has 2 rings (SSSR count). The number of phenols is 2. The fraction of sp³-hybridized carbons (Fsp3) is 0.143. The predicted octanol–water partition coefficient (Wildman–Crippen LogP) is 2.20. The molecule has 4 heteroatoms. The minimum absolute atomic E-state index is 0.00944. The molecule has 0 saturated carbocycles. The molecule has 2 aromatic rings. The molecule has 0 aliphatic heterocycles. The van der Waals surface area contributed by atoms with Gasteiger partial charge in [-0.1, -0.05) is 18.2 Å². The van der Waals surface area contributed by atoms with Crippen molar-refractivity contribution in [1.29, 1.82) is 0 Å². The van der Waals surface area contributed by atoms with E-state index in [-0.39, 0.29) is 18.1 Å². The Morgan fingerprint density at radius 2 is 1.72 bits per heavy atom. The van der Waals surface area contributed by atoms with Crippen molar-refractivity contribution in [2.45, 2.75) is 13.2 Å². The van der Waals surface area contributed by atoms with Crippen molar-refractivity contribution < 1.29 is 15.3 Å². The van der Waals surface area contributed by atoms with Crippen LogP contribution in [0.2, 0.25) is 0 Å². The third-order valence-electron chi connectivity index (χ3n) is 2.65.